The number of rotatable bonds is 13. The predicted molar refractivity (Wildman–Crippen MR) is 86.4 cm³/mol. The van der Waals surface area contributed by atoms with E-state index in [4.69, 9.17) is 20.1 Å². The lowest BCUT2D eigenvalue weighted by Crippen LogP contribution is -2.35. The topological polar surface area (TPSA) is 124 Å². The summed E-state index contributed by atoms with van der Waals surface area (Å²) in [5.41, 5.74) is -0.679. The van der Waals surface area contributed by atoms with E-state index in [2.05, 4.69) is 13.8 Å². The van der Waals surface area contributed by atoms with Gasteiger partial charge in [-0.05, 0) is 12.8 Å². The average Bonchev–Trinajstić information content (AvgIpc) is 2.50. The SMILES string of the molecule is CCCCC(O)(CCCC)COCCO.O=C(O)CCC(=O)O. The number of carboxylic acids is 2. The Morgan fingerprint density at radius 3 is 1.70 bits per heavy atom. The fraction of sp³-hybridized carbons (Fsp3) is 0.875. The summed E-state index contributed by atoms with van der Waals surface area (Å²) in [7, 11) is 0. The van der Waals surface area contributed by atoms with Crippen molar-refractivity contribution in [2.45, 2.75) is 70.8 Å². The van der Waals surface area contributed by atoms with Gasteiger partial charge in [-0.3, -0.25) is 9.59 Å². The molecule has 0 saturated heterocycles. The molecule has 0 unspecified atom stereocenters. The lowest BCUT2D eigenvalue weighted by atomic mass is 9.92. The van der Waals surface area contributed by atoms with Gasteiger partial charge in [0, 0.05) is 0 Å². The number of hydrogen-bond donors (Lipinski definition) is 4. The van der Waals surface area contributed by atoms with Crippen LogP contribution < -0.4 is 0 Å². The molecule has 23 heavy (non-hydrogen) atoms. The third kappa shape index (κ3) is 18.8. The Balaban J connectivity index is 0. The van der Waals surface area contributed by atoms with Gasteiger partial charge >= 0.3 is 11.9 Å². The summed E-state index contributed by atoms with van der Waals surface area (Å²) in [4.78, 5) is 19.3. The second kappa shape index (κ2) is 15.7. The standard InChI is InChI=1S/C12H26O3.C4H6O4/c1-3-5-7-12(14,8-6-4-2)11-15-10-9-13;5-3(6)1-2-4(7)8/h13-14H,3-11H2,1-2H3;1-2H2,(H,5,6)(H,7,8). The lowest BCUT2D eigenvalue weighted by Gasteiger charge is -2.27. The normalized spacial score (nSPS) is 10.8. The molecule has 0 fully saturated rings. The molecule has 7 nitrogen and oxygen atoms in total. The van der Waals surface area contributed by atoms with Gasteiger partial charge in [0.1, 0.15) is 0 Å². The van der Waals surface area contributed by atoms with Gasteiger partial charge in [-0.2, -0.15) is 0 Å². The summed E-state index contributed by atoms with van der Waals surface area (Å²) in [5.74, 6) is -2.15. The van der Waals surface area contributed by atoms with Gasteiger partial charge in [-0.1, -0.05) is 39.5 Å². The zero-order valence-electron chi connectivity index (χ0n) is 14.3. The van der Waals surface area contributed by atoms with Gasteiger partial charge in [-0.15, -0.1) is 0 Å². The van der Waals surface area contributed by atoms with Crippen molar-refractivity contribution in [3.63, 3.8) is 0 Å². The highest BCUT2D eigenvalue weighted by atomic mass is 16.5. The minimum Gasteiger partial charge on any atom is -0.481 e. The molecule has 4 N–H and O–H groups in total. The van der Waals surface area contributed by atoms with Gasteiger partial charge in [0.05, 0.1) is 38.3 Å². The Hall–Kier alpha value is -1.18. The van der Waals surface area contributed by atoms with Crippen molar-refractivity contribution >= 4 is 11.9 Å². The highest BCUT2D eigenvalue weighted by Crippen LogP contribution is 2.21. The van der Waals surface area contributed by atoms with E-state index in [0.717, 1.165) is 38.5 Å². The van der Waals surface area contributed by atoms with E-state index >= 15 is 0 Å². The first kappa shape index (κ1) is 24.1. The number of carboxylic acid groups (broad SMARTS) is 2. The summed E-state index contributed by atoms with van der Waals surface area (Å²) in [5, 5.41) is 34.7. The van der Waals surface area contributed by atoms with Crippen molar-refractivity contribution in [2.24, 2.45) is 0 Å². The van der Waals surface area contributed by atoms with Crippen molar-refractivity contribution in [1.82, 2.24) is 0 Å². The fourth-order valence-electron chi connectivity index (χ4n) is 1.82. The maximum absolute atomic E-state index is 10.3. The Labute approximate surface area is 138 Å². The molecule has 0 amide bonds. The zero-order chi connectivity index (χ0) is 18.1. The number of unbranched alkanes of at least 4 members (excludes halogenated alkanes) is 2. The first-order valence-electron chi connectivity index (χ1n) is 8.15. The van der Waals surface area contributed by atoms with Crippen molar-refractivity contribution in [3.05, 3.63) is 0 Å². The van der Waals surface area contributed by atoms with Crippen LogP contribution in [0.5, 0.6) is 0 Å². The lowest BCUT2D eigenvalue weighted by molar-refractivity contribution is -0.143. The molecule has 0 rings (SSSR count). The number of aliphatic hydroxyl groups excluding tert-OH is 1. The van der Waals surface area contributed by atoms with E-state index in [1.54, 1.807) is 0 Å². The van der Waals surface area contributed by atoms with E-state index in [9.17, 15) is 14.7 Å². The third-order valence-electron chi connectivity index (χ3n) is 3.15. The van der Waals surface area contributed by atoms with Gasteiger partial charge in [0.2, 0.25) is 0 Å². The molecule has 138 valence electrons. The predicted octanol–water partition coefficient (Wildman–Crippen LogP) is 2.04. The quantitative estimate of drug-likeness (QED) is 0.379. The number of carbonyl (C=O) groups is 2. The van der Waals surface area contributed by atoms with Crippen LogP contribution in [0.4, 0.5) is 0 Å². The third-order valence-corrected chi connectivity index (χ3v) is 3.15. The second-order valence-electron chi connectivity index (χ2n) is 5.50. The molecule has 0 aromatic heterocycles. The summed E-state index contributed by atoms with van der Waals surface area (Å²) >= 11 is 0. The number of ether oxygens (including phenoxy) is 1. The number of aliphatic hydroxyl groups is 2. The molecule has 0 bridgehead atoms. The molecule has 0 aromatic rings. The first-order valence-corrected chi connectivity index (χ1v) is 8.15. The van der Waals surface area contributed by atoms with Crippen LogP contribution in [0.3, 0.4) is 0 Å². The molecular formula is C16H32O7. The van der Waals surface area contributed by atoms with Gasteiger partial charge in [0.25, 0.3) is 0 Å². The van der Waals surface area contributed by atoms with Crippen molar-refractivity contribution < 1.29 is 34.8 Å². The van der Waals surface area contributed by atoms with Crippen LogP contribution in [-0.2, 0) is 14.3 Å². The Morgan fingerprint density at radius 2 is 1.39 bits per heavy atom. The van der Waals surface area contributed by atoms with Crippen LogP contribution in [0.15, 0.2) is 0 Å². The minimum atomic E-state index is -1.08. The van der Waals surface area contributed by atoms with Gasteiger partial charge in [0.15, 0.2) is 0 Å². The van der Waals surface area contributed by atoms with Crippen LogP contribution in [0.1, 0.15) is 65.2 Å². The maximum Gasteiger partial charge on any atom is 0.303 e. The molecule has 0 spiro atoms. The monoisotopic (exact) mass is 336 g/mol. The zero-order valence-corrected chi connectivity index (χ0v) is 14.3. The molecule has 0 saturated carbocycles. The molecule has 0 aliphatic heterocycles. The average molecular weight is 336 g/mol. The van der Waals surface area contributed by atoms with E-state index < -0.39 is 17.5 Å². The van der Waals surface area contributed by atoms with E-state index in [1.165, 1.54) is 0 Å². The van der Waals surface area contributed by atoms with Gasteiger partial charge in [-0.25, -0.2) is 0 Å². The number of aliphatic carboxylic acids is 2. The maximum atomic E-state index is 10.3. The largest absolute Gasteiger partial charge is 0.481 e. The Morgan fingerprint density at radius 1 is 0.957 bits per heavy atom. The molecular weight excluding hydrogens is 304 g/mol. The van der Waals surface area contributed by atoms with E-state index in [-0.39, 0.29) is 19.4 Å². The van der Waals surface area contributed by atoms with Crippen molar-refractivity contribution in [3.8, 4) is 0 Å². The Bertz CT molecular complexity index is 283. The summed E-state index contributed by atoms with van der Waals surface area (Å²) in [6.45, 7) is 4.94. The highest BCUT2D eigenvalue weighted by molar-refractivity contribution is 5.75. The Kier molecular flexibility index (Phi) is 16.4. The molecule has 0 aliphatic rings. The smallest absolute Gasteiger partial charge is 0.303 e. The van der Waals surface area contributed by atoms with Crippen LogP contribution in [0.25, 0.3) is 0 Å². The van der Waals surface area contributed by atoms with Crippen LogP contribution in [0, 0.1) is 0 Å². The first-order chi connectivity index (χ1) is 10.8. The molecule has 0 aromatic carbocycles. The molecule has 7 heteroatoms. The van der Waals surface area contributed by atoms with Crippen LogP contribution in [-0.4, -0.2) is 57.8 Å². The summed E-state index contributed by atoms with van der Waals surface area (Å²) in [6, 6.07) is 0. The highest BCUT2D eigenvalue weighted by Gasteiger charge is 2.25. The minimum absolute atomic E-state index is 0.0254. The second-order valence-corrected chi connectivity index (χ2v) is 5.50. The molecule has 0 aliphatic carbocycles. The summed E-state index contributed by atoms with van der Waals surface area (Å²) in [6.07, 6.45) is 5.25. The van der Waals surface area contributed by atoms with E-state index in [0.29, 0.717) is 13.2 Å². The molecule has 0 atom stereocenters. The van der Waals surface area contributed by atoms with E-state index in [1.807, 2.05) is 0 Å². The van der Waals surface area contributed by atoms with Crippen molar-refractivity contribution in [1.29, 1.82) is 0 Å². The summed E-state index contributed by atoms with van der Waals surface area (Å²) < 4.78 is 5.24. The van der Waals surface area contributed by atoms with Gasteiger partial charge < -0.3 is 25.2 Å². The molecule has 0 heterocycles. The van der Waals surface area contributed by atoms with Crippen LogP contribution in [0.2, 0.25) is 0 Å². The van der Waals surface area contributed by atoms with Crippen LogP contribution >= 0.6 is 0 Å². The molecule has 0 radical (unpaired) electrons. The number of hydrogen-bond acceptors (Lipinski definition) is 5. The van der Waals surface area contributed by atoms with Crippen molar-refractivity contribution in [2.75, 3.05) is 19.8 Å². The fourth-order valence-corrected chi connectivity index (χ4v) is 1.82.